The lowest BCUT2D eigenvalue weighted by Gasteiger charge is -2.24. The maximum atomic E-state index is 2.47. The zero-order chi connectivity index (χ0) is 51.8. The van der Waals surface area contributed by atoms with E-state index in [1.165, 1.54) is 144 Å². The molecule has 0 bridgehead atoms. The van der Waals surface area contributed by atoms with Gasteiger partial charge in [0.05, 0.1) is 0 Å². The second-order valence-corrected chi connectivity index (χ2v) is 20.3. The van der Waals surface area contributed by atoms with Crippen LogP contribution in [-0.4, -0.2) is 0 Å². The molecule has 14 rings (SSSR count). The first-order chi connectivity index (χ1) is 38.7. The van der Waals surface area contributed by atoms with Crippen molar-refractivity contribution in [2.75, 3.05) is 0 Å². The highest BCUT2D eigenvalue weighted by atomic mass is 14.3. The van der Waals surface area contributed by atoms with Gasteiger partial charge in [0.15, 0.2) is 0 Å². The van der Waals surface area contributed by atoms with Crippen molar-refractivity contribution in [3.63, 3.8) is 0 Å². The molecule has 0 N–H and O–H groups in total. The van der Waals surface area contributed by atoms with Crippen LogP contribution in [0, 0.1) is 0 Å². The van der Waals surface area contributed by atoms with E-state index in [1.807, 2.05) is 0 Å². The van der Waals surface area contributed by atoms with Crippen molar-refractivity contribution in [3.8, 4) is 111 Å². The molecule has 78 heavy (non-hydrogen) atoms. The van der Waals surface area contributed by atoms with Crippen molar-refractivity contribution in [2.24, 2.45) is 0 Å². The lowest BCUT2D eigenvalue weighted by atomic mass is 9.79. The van der Waals surface area contributed by atoms with Crippen LogP contribution in [0.4, 0.5) is 0 Å². The molecule has 14 aromatic carbocycles. The monoisotopic (exact) mass is 988 g/mol. The van der Waals surface area contributed by atoms with E-state index in [1.54, 1.807) is 0 Å². The predicted octanol–water partition coefficient (Wildman–Crippen LogP) is 21.8. The molecular weight excluding hydrogens is 937 g/mol. The average Bonchev–Trinajstić information content (AvgIpc) is 3.68. The summed E-state index contributed by atoms with van der Waals surface area (Å²) in [4.78, 5) is 0. The van der Waals surface area contributed by atoms with Gasteiger partial charge >= 0.3 is 0 Å². The zero-order valence-corrected chi connectivity index (χ0v) is 43.0. The zero-order valence-electron chi connectivity index (χ0n) is 43.0. The van der Waals surface area contributed by atoms with Gasteiger partial charge < -0.3 is 0 Å². The first-order valence-corrected chi connectivity index (χ1v) is 27.0. The number of hydrogen-bond donors (Lipinski definition) is 0. The maximum Gasteiger partial charge on any atom is -0.00257 e. The third-order valence-corrected chi connectivity index (χ3v) is 15.6. The third kappa shape index (κ3) is 8.56. The van der Waals surface area contributed by atoms with Crippen molar-refractivity contribution in [1.82, 2.24) is 0 Å². The van der Waals surface area contributed by atoms with Crippen molar-refractivity contribution in [2.45, 2.75) is 0 Å². The molecule has 0 radical (unpaired) electrons. The molecule has 0 aliphatic rings. The van der Waals surface area contributed by atoms with E-state index in [0.29, 0.717) is 0 Å². The van der Waals surface area contributed by atoms with Gasteiger partial charge in [-0.05, 0) is 180 Å². The number of fused-ring (bicyclic) bond motifs is 3. The first kappa shape index (κ1) is 46.4. The van der Waals surface area contributed by atoms with Crippen LogP contribution in [0.5, 0.6) is 0 Å². The summed E-state index contributed by atoms with van der Waals surface area (Å²) in [5.41, 5.74) is 23.8. The van der Waals surface area contributed by atoms with E-state index in [4.69, 9.17) is 0 Å². The summed E-state index contributed by atoms with van der Waals surface area (Å²) in [7, 11) is 0. The molecular formula is C78H52. The molecule has 0 aromatic heterocycles. The van der Waals surface area contributed by atoms with Crippen LogP contribution in [0.3, 0.4) is 0 Å². The minimum absolute atomic E-state index is 1.17. The summed E-state index contributed by atoms with van der Waals surface area (Å²) in [5.74, 6) is 0. The van der Waals surface area contributed by atoms with Gasteiger partial charge in [-0.2, -0.15) is 0 Å². The minimum Gasteiger partial charge on any atom is -0.0622 e. The lowest BCUT2D eigenvalue weighted by molar-refractivity contribution is 1.54. The van der Waals surface area contributed by atoms with Gasteiger partial charge in [0.1, 0.15) is 0 Å². The van der Waals surface area contributed by atoms with Gasteiger partial charge in [-0.1, -0.05) is 279 Å². The Balaban J connectivity index is 1.07. The topological polar surface area (TPSA) is 0 Å². The van der Waals surface area contributed by atoms with E-state index in [-0.39, 0.29) is 0 Å². The van der Waals surface area contributed by atoms with Crippen molar-refractivity contribution in [1.29, 1.82) is 0 Å². The Hall–Kier alpha value is -10.1. The van der Waals surface area contributed by atoms with Crippen molar-refractivity contribution >= 4 is 32.3 Å². The van der Waals surface area contributed by atoms with Gasteiger partial charge in [-0.25, -0.2) is 0 Å². The summed E-state index contributed by atoms with van der Waals surface area (Å²) in [5, 5.41) is 7.25. The average molecular weight is 989 g/mol. The van der Waals surface area contributed by atoms with Crippen LogP contribution >= 0.6 is 0 Å². The fourth-order valence-corrected chi connectivity index (χ4v) is 12.0. The molecule has 0 saturated carbocycles. The van der Waals surface area contributed by atoms with Crippen molar-refractivity contribution in [3.05, 3.63) is 315 Å². The highest BCUT2D eigenvalue weighted by molar-refractivity contribution is 6.24. The summed E-state index contributed by atoms with van der Waals surface area (Å²) in [6.07, 6.45) is 0. The molecule has 0 aliphatic carbocycles. The summed E-state index contributed by atoms with van der Waals surface area (Å²) in [6, 6.07) is 116. The second kappa shape index (κ2) is 20.2. The van der Waals surface area contributed by atoms with Crippen LogP contribution in [0.2, 0.25) is 0 Å². The SMILES string of the molecule is c1ccc(-c2ccc(-c3c(-c4ccccc4)cc(-c4c5ccccc5c(-c5cc(-c6ccccc6)c(-c6ccc(-c7ccccc7)cc6)c(-c6ccccc6)c5)c5cc6ccccc6cc45)cc3-c3ccccc3)cc2)cc1. The first-order valence-electron chi connectivity index (χ1n) is 27.0. The molecule has 0 unspecified atom stereocenters. The van der Waals surface area contributed by atoms with Crippen LogP contribution in [0.15, 0.2) is 315 Å². The minimum atomic E-state index is 1.17. The normalized spacial score (nSPS) is 11.3. The lowest BCUT2D eigenvalue weighted by Crippen LogP contribution is -1.97. The summed E-state index contributed by atoms with van der Waals surface area (Å²) in [6.45, 7) is 0. The van der Waals surface area contributed by atoms with E-state index in [9.17, 15) is 0 Å². The third-order valence-electron chi connectivity index (χ3n) is 15.6. The van der Waals surface area contributed by atoms with E-state index in [0.717, 1.165) is 0 Å². The van der Waals surface area contributed by atoms with Gasteiger partial charge in [0.25, 0.3) is 0 Å². The standard InChI is InChI=1S/C78H52/c1-7-23-53(24-8-1)55-39-43-61(44-40-55)75-69(57-27-11-3-12-28-57)49-65(50-70(75)58-29-13-4-14-30-58)77-67-37-21-22-38-68(67)78(74-48-64-36-20-19-35-63(64)47-73(74)77)66-51-71(59-31-15-5-16-32-59)76(72(52-66)60-33-17-6-18-34-60)62-45-41-56(42-46-62)54-25-9-2-10-26-54/h1-52H. The Bertz CT molecular complexity index is 4040. The molecule has 0 amide bonds. The van der Waals surface area contributed by atoms with Crippen LogP contribution < -0.4 is 0 Å². The van der Waals surface area contributed by atoms with Gasteiger partial charge in [-0.15, -0.1) is 0 Å². The van der Waals surface area contributed by atoms with Crippen LogP contribution in [0.1, 0.15) is 0 Å². The maximum absolute atomic E-state index is 2.47. The largest absolute Gasteiger partial charge is 0.0622 e. The Morgan fingerprint density at radius 2 is 0.359 bits per heavy atom. The number of hydrogen-bond acceptors (Lipinski definition) is 0. The highest BCUT2D eigenvalue weighted by Gasteiger charge is 2.24. The summed E-state index contributed by atoms with van der Waals surface area (Å²) >= 11 is 0. The molecule has 0 spiro atoms. The highest BCUT2D eigenvalue weighted by Crippen LogP contribution is 2.51. The molecule has 14 aromatic rings. The Labute approximate surface area is 456 Å². The molecule has 364 valence electrons. The summed E-state index contributed by atoms with van der Waals surface area (Å²) < 4.78 is 0. The molecule has 0 atom stereocenters. The van der Waals surface area contributed by atoms with Gasteiger partial charge in [-0.3, -0.25) is 0 Å². The second-order valence-electron chi connectivity index (χ2n) is 20.3. The number of rotatable bonds is 10. The smallest absolute Gasteiger partial charge is 0.00257 e. The van der Waals surface area contributed by atoms with Crippen LogP contribution in [0.25, 0.3) is 144 Å². The molecule has 0 nitrogen and oxygen atoms in total. The fraction of sp³-hybridized carbons (Fsp3) is 0. The van der Waals surface area contributed by atoms with E-state index >= 15 is 0 Å². The molecule has 0 heteroatoms. The molecule has 0 heterocycles. The number of benzene rings is 14. The Kier molecular flexibility index (Phi) is 12.0. The molecule has 0 fully saturated rings. The quantitative estimate of drug-likeness (QED) is 0.120. The van der Waals surface area contributed by atoms with Gasteiger partial charge in [0, 0.05) is 0 Å². The Morgan fingerprint density at radius 1 is 0.128 bits per heavy atom. The molecule has 0 aliphatic heterocycles. The van der Waals surface area contributed by atoms with Crippen molar-refractivity contribution < 1.29 is 0 Å². The van der Waals surface area contributed by atoms with Gasteiger partial charge in [0.2, 0.25) is 0 Å². The van der Waals surface area contributed by atoms with E-state index < -0.39 is 0 Å². The fourth-order valence-electron chi connectivity index (χ4n) is 12.0. The Morgan fingerprint density at radius 3 is 0.654 bits per heavy atom. The predicted molar refractivity (Wildman–Crippen MR) is 333 cm³/mol. The molecule has 0 saturated heterocycles. The van der Waals surface area contributed by atoms with Crippen LogP contribution in [-0.2, 0) is 0 Å². The van der Waals surface area contributed by atoms with E-state index in [2.05, 4.69) is 315 Å².